The molecule has 2 aromatic rings. The van der Waals surface area contributed by atoms with E-state index in [1.165, 1.54) is 18.0 Å². The fourth-order valence-corrected chi connectivity index (χ4v) is 2.87. The quantitative estimate of drug-likeness (QED) is 0.665. The summed E-state index contributed by atoms with van der Waals surface area (Å²) in [7, 11) is 0. The van der Waals surface area contributed by atoms with Crippen LogP contribution in [0, 0.1) is 5.82 Å². The monoisotopic (exact) mass is 343 g/mol. The lowest BCUT2D eigenvalue weighted by Crippen LogP contribution is -2.27. The number of rotatable bonds is 1. The first-order valence-corrected chi connectivity index (χ1v) is 7.37. The predicted molar refractivity (Wildman–Crippen MR) is 84.2 cm³/mol. The van der Waals surface area contributed by atoms with Gasteiger partial charge in [-0.25, -0.2) is 9.38 Å². The molecular weight excluding hydrogens is 336 g/mol. The lowest BCUT2D eigenvalue weighted by molar-refractivity contribution is 0.475. The van der Waals surface area contributed by atoms with Crippen LogP contribution >= 0.6 is 35.1 Å². The van der Waals surface area contributed by atoms with E-state index < -0.39 is 5.82 Å². The summed E-state index contributed by atoms with van der Waals surface area (Å²) in [5, 5.41) is 13.1. The molecule has 0 aromatic heterocycles. The molecule has 0 fully saturated rings. The molecule has 1 aliphatic heterocycles. The SMILES string of the molecule is Oc1c(Cl)c(Cl)cc2c1N=C(Nc1ccccc1F)NS2. The fourth-order valence-electron chi connectivity index (χ4n) is 1.75. The van der Waals surface area contributed by atoms with E-state index in [0.717, 1.165) is 0 Å². The van der Waals surface area contributed by atoms with Gasteiger partial charge in [0.1, 0.15) is 16.5 Å². The summed E-state index contributed by atoms with van der Waals surface area (Å²) in [6, 6.07) is 7.80. The number of nitrogens with zero attached hydrogens (tertiary/aromatic N) is 1. The Bertz CT molecular complexity index is 754. The van der Waals surface area contributed by atoms with Gasteiger partial charge in [0.15, 0.2) is 5.75 Å². The third-order valence-electron chi connectivity index (χ3n) is 2.74. The molecule has 0 radical (unpaired) electrons. The van der Waals surface area contributed by atoms with E-state index in [1.54, 1.807) is 24.3 Å². The molecule has 8 heteroatoms. The number of anilines is 1. The summed E-state index contributed by atoms with van der Waals surface area (Å²) < 4.78 is 16.5. The highest BCUT2D eigenvalue weighted by atomic mass is 35.5. The van der Waals surface area contributed by atoms with Crippen molar-refractivity contribution in [3.63, 3.8) is 0 Å². The second-order valence-corrected chi connectivity index (χ2v) is 5.77. The molecule has 1 aliphatic rings. The molecular formula is C13H8Cl2FN3OS. The standard InChI is InChI=1S/C13H8Cl2FN3OS/c14-6-5-9-11(12(20)10(6)15)18-13(19-21-9)17-8-4-2-1-3-7(8)16/h1-5,20H,(H2,17,18,19). The zero-order chi connectivity index (χ0) is 15.0. The molecule has 3 N–H and O–H groups in total. The first-order valence-electron chi connectivity index (χ1n) is 5.80. The van der Waals surface area contributed by atoms with Crippen LogP contribution < -0.4 is 10.0 Å². The van der Waals surface area contributed by atoms with Gasteiger partial charge < -0.3 is 10.4 Å². The van der Waals surface area contributed by atoms with Crippen LogP contribution in [0.2, 0.25) is 10.0 Å². The molecule has 4 nitrogen and oxygen atoms in total. The van der Waals surface area contributed by atoms with Gasteiger partial charge in [0.25, 0.3) is 0 Å². The number of halogens is 3. The Balaban J connectivity index is 1.97. The van der Waals surface area contributed by atoms with E-state index >= 15 is 0 Å². The fraction of sp³-hybridized carbons (Fsp3) is 0. The lowest BCUT2D eigenvalue weighted by atomic mass is 10.3. The van der Waals surface area contributed by atoms with Gasteiger partial charge in [-0.15, -0.1) is 0 Å². The first kappa shape index (κ1) is 14.3. The van der Waals surface area contributed by atoms with Gasteiger partial charge in [0.05, 0.1) is 15.6 Å². The normalized spacial score (nSPS) is 13.2. The van der Waals surface area contributed by atoms with Crippen LogP contribution in [0.4, 0.5) is 15.8 Å². The highest BCUT2D eigenvalue weighted by Gasteiger charge is 2.21. The first-order chi connectivity index (χ1) is 10.1. The van der Waals surface area contributed by atoms with Crippen molar-refractivity contribution in [2.24, 2.45) is 4.99 Å². The molecule has 0 saturated heterocycles. The number of fused-ring (bicyclic) bond motifs is 1. The number of para-hydroxylation sites is 1. The molecule has 2 aromatic carbocycles. The molecule has 0 spiro atoms. The number of hydrogen-bond donors (Lipinski definition) is 3. The zero-order valence-corrected chi connectivity index (χ0v) is 12.7. The van der Waals surface area contributed by atoms with Crippen molar-refractivity contribution in [1.29, 1.82) is 0 Å². The number of benzene rings is 2. The number of phenolic OH excluding ortho intramolecular Hbond substituents is 1. The van der Waals surface area contributed by atoms with Crippen molar-refractivity contribution in [3.8, 4) is 5.75 Å². The van der Waals surface area contributed by atoms with Crippen LogP contribution in [0.3, 0.4) is 0 Å². The summed E-state index contributed by atoms with van der Waals surface area (Å²) in [4.78, 5) is 4.82. The Labute approximate surface area is 134 Å². The van der Waals surface area contributed by atoms with Crippen molar-refractivity contribution >= 4 is 52.5 Å². The topological polar surface area (TPSA) is 56.7 Å². The van der Waals surface area contributed by atoms with Gasteiger partial charge >= 0.3 is 0 Å². The molecule has 0 unspecified atom stereocenters. The molecule has 1 heterocycles. The minimum absolute atomic E-state index is 0.0342. The Morgan fingerprint density at radius 2 is 2.05 bits per heavy atom. The number of hydrogen-bond acceptors (Lipinski definition) is 5. The highest BCUT2D eigenvalue weighted by molar-refractivity contribution is 7.98. The van der Waals surface area contributed by atoms with Crippen molar-refractivity contribution in [1.82, 2.24) is 4.72 Å². The van der Waals surface area contributed by atoms with Gasteiger partial charge in [0.2, 0.25) is 5.96 Å². The second-order valence-electron chi connectivity index (χ2n) is 4.14. The van der Waals surface area contributed by atoms with Gasteiger partial charge in [-0.05, 0) is 30.1 Å². The molecule has 0 saturated carbocycles. The molecule has 21 heavy (non-hydrogen) atoms. The van der Waals surface area contributed by atoms with E-state index in [9.17, 15) is 9.50 Å². The average Bonchev–Trinajstić information content (AvgIpc) is 2.48. The predicted octanol–water partition coefficient (Wildman–Crippen LogP) is 4.55. The second kappa shape index (κ2) is 5.63. The Hall–Kier alpha value is -1.63. The minimum Gasteiger partial charge on any atom is -0.504 e. The van der Waals surface area contributed by atoms with Crippen molar-refractivity contribution in [2.45, 2.75) is 4.90 Å². The maximum absolute atomic E-state index is 13.6. The Morgan fingerprint density at radius 3 is 2.81 bits per heavy atom. The average molecular weight is 344 g/mol. The van der Waals surface area contributed by atoms with E-state index in [1.807, 2.05) is 0 Å². The van der Waals surface area contributed by atoms with Gasteiger partial charge in [-0.3, -0.25) is 4.72 Å². The highest BCUT2D eigenvalue weighted by Crippen LogP contribution is 2.46. The summed E-state index contributed by atoms with van der Waals surface area (Å²) in [6.07, 6.45) is 0. The van der Waals surface area contributed by atoms with Crippen LogP contribution in [0.1, 0.15) is 0 Å². The largest absolute Gasteiger partial charge is 0.504 e. The van der Waals surface area contributed by atoms with Gasteiger partial charge in [0, 0.05) is 0 Å². The Kier molecular flexibility index (Phi) is 3.84. The number of guanidine groups is 1. The summed E-state index contributed by atoms with van der Waals surface area (Å²) in [5.74, 6) is -0.330. The number of nitrogens with one attached hydrogen (secondary N) is 2. The third kappa shape index (κ3) is 2.74. The van der Waals surface area contributed by atoms with E-state index in [4.69, 9.17) is 23.2 Å². The number of aliphatic imine (C=N–C) groups is 1. The van der Waals surface area contributed by atoms with Crippen LogP contribution in [-0.4, -0.2) is 11.1 Å². The maximum Gasteiger partial charge on any atom is 0.211 e. The molecule has 0 amide bonds. The van der Waals surface area contributed by atoms with Gasteiger partial charge in [-0.1, -0.05) is 35.3 Å². The number of phenols is 1. The zero-order valence-electron chi connectivity index (χ0n) is 10.3. The van der Waals surface area contributed by atoms with Crippen LogP contribution in [0.15, 0.2) is 40.2 Å². The van der Waals surface area contributed by atoms with Crippen LogP contribution in [0.5, 0.6) is 5.75 Å². The number of aromatic hydroxyl groups is 1. The molecule has 108 valence electrons. The summed E-state index contributed by atoms with van der Waals surface area (Å²) in [5.41, 5.74) is 0.555. The van der Waals surface area contributed by atoms with Crippen molar-refractivity contribution in [3.05, 3.63) is 46.2 Å². The molecule has 0 atom stereocenters. The molecule has 0 bridgehead atoms. The van der Waals surface area contributed by atoms with Gasteiger partial charge in [-0.2, -0.15) is 0 Å². The summed E-state index contributed by atoms with van der Waals surface area (Å²) in [6.45, 7) is 0. The van der Waals surface area contributed by atoms with Crippen molar-refractivity contribution in [2.75, 3.05) is 5.32 Å². The van der Waals surface area contributed by atoms with Crippen molar-refractivity contribution < 1.29 is 9.50 Å². The lowest BCUT2D eigenvalue weighted by Gasteiger charge is -2.19. The third-order valence-corrected chi connectivity index (χ3v) is 4.35. The smallest absolute Gasteiger partial charge is 0.211 e. The molecule has 3 rings (SSSR count). The maximum atomic E-state index is 13.6. The minimum atomic E-state index is -0.406. The van der Waals surface area contributed by atoms with E-state index in [0.29, 0.717) is 4.90 Å². The van der Waals surface area contributed by atoms with Crippen LogP contribution in [0.25, 0.3) is 0 Å². The van der Waals surface area contributed by atoms with Crippen LogP contribution in [-0.2, 0) is 0 Å². The molecule has 0 aliphatic carbocycles. The van der Waals surface area contributed by atoms with E-state index in [2.05, 4.69) is 15.0 Å². The Morgan fingerprint density at radius 1 is 1.29 bits per heavy atom. The van der Waals surface area contributed by atoms with E-state index in [-0.39, 0.29) is 33.1 Å². The summed E-state index contributed by atoms with van der Waals surface area (Å²) >= 11 is 13.0.